The van der Waals surface area contributed by atoms with Gasteiger partial charge in [-0.1, -0.05) is 37.6 Å². The molecule has 1 rings (SSSR count). The van der Waals surface area contributed by atoms with Gasteiger partial charge >= 0.3 is 0 Å². The number of hydrogen-bond acceptors (Lipinski definition) is 2. The molecule has 0 spiro atoms. The van der Waals surface area contributed by atoms with Crippen LogP contribution in [0.3, 0.4) is 0 Å². The third-order valence-corrected chi connectivity index (χ3v) is 3.94. The average Bonchev–Trinajstić information content (AvgIpc) is 2.27. The van der Waals surface area contributed by atoms with Crippen molar-refractivity contribution in [1.82, 2.24) is 0 Å². The SMILES string of the molecule is CC(C)(CN)CCSCc1ccc(Cl)cc1. The van der Waals surface area contributed by atoms with E-state index in [2.05, 4.69) is 26.0 Å². The first-order chi connectivity index (χ1) is 7.53. The lowest BCUT2D eigenvalue weighted by atomic mass is 9.91. The predicted octanol–water partition coefficient (Wildman–Crippen LogP) is 3.95. The molecule has 1 aromatic rings. The maximum atomic E-state index is 5.83. The van der Waals surface area contributed by atoms with Crippen LogP contribution in [0.4, 0.5) is 0 Å². The highest BCUT2D eigenvalue weighted by Crippen LogP contribution is 2.23. The molecule has 0 bridgehead atoms. The van der Waals surface area contributed by atoms with Gasteiger partial charge in [-0.15, -0.1) is 0 Å². The molecular formula is C13H20ClNS. The standard InChI is InChI=1S/C13H20ClNS/c1-13(2,10-15)7-8-16-9-11-3-5-12(14)6-4-11/h3-6H,7-10,15H2,1-2H3. The summed E-state index contributed by atoms with van der Waals surface area (Å²) in [6.45, 7) is 5.19. The normalized spacial score (nSPS) is 11.8. The Morgan fingerprint density at radius 2 is 1.88 bits per heavy atom. The van der Waals surface area contributed by atoms with E-state index >= 15 is 0 Å². The Balaban J connectivity index is 2.23. The molecule has 0 aliphatic heterocycles. The van der Waals surface area contributed by atoms with Gasteiger partial charge in [0.2, 0.25) is 0 Å². The molecule has 0 aromatic heterocycles. The molecular weight excluding hydrogens is 238 g/mol. The van der Waals surface area contributed by atoms with Gasteiger partial charge in [-0.3, -0.25) is 0 Å². The van der Waals surface area contributed by atoms with Gasteiger partial charge in [0.25, 0.3) is 0 Å². The van der Waals surface area contributed by atoms with Crippen LogP contribution in [0.5, 0.6) is 0 Å². The van der Waals surface area contributed by atoms with Crippen molar-refractivity contribution in [3.63, 3.8) is 0 Å². The summed E-state index contributed by atoms with van der Waals surface area (Å²) in [5, 5.41) is 0.804. The smallest absolute Gasteiger partial charge is 0.0406 e. The summed E-state index contributed by atoms with van der Waals surface area (Å²) < 4.78 is 0. The molecule has 0 aliphatic rings. The molecule has 0 aliphatic carbocycles. The molecule has 0 saturated carbocycles. The number of hydrogen-bond donors (Lipinski definition) is 1. The quantitative estimate of drug-likeness (QED) is 0.781. The summed E-state index contributed by atoms with van der Waals surface area (Å²) in [5.41, 5.74) is 7.30. The van der Waals surface area contributed by atoms with Crippen molar-refractivity contribution in [1.29, 1.82) is 0 Å². The number of thioether (sulfide) groups is 1. The lowest BCUT2D eigenvalue weighted by molar-refractivity contribution is 0.368. The molecule has 0 amide bonds. The van der Waals surface area contributed by atoms with E-state index < -0.39 is 0 Å². The van der Waals surface area contributed by atoms with Gasteiger partial charge in [0, 0.05) is 10.8 Å². The van der Waals surface area contributed by atoms with E-state index in [1.54, 1.807) is 0 Å². The van der Waals surface area contributed by atoms with Crippen LogP contribution in [0, 0.1) is 5.41 Å². The first-order valence-corrected chi connectivity index (χ1v) is 7.09. The number of rotatable bonds is 6. The van der Waals surface area contributed by atoms with E-state index in [1.165, 1.54) is 12.0 Å². The molecule has 0 fully saturated rings. The number of benzene rings is 1. The molecule has 3 heteroatoms. The first kappa shape index (κ1) is 13.9. The summed E-state index contributed by atoms with van der Waals surface area (Å²) in [6, 6.07) is 8.06. The fourth-order valence-corrected chi connectivity index (χ4v) is 2.62. The molecule has 1 aromatic carbocycles. The molecule has 90 valence electrons. The molecule has 1 nitrogen and oxygen atoms in total. The van der Waals surface area contributed by atoms with Gasteiger partial charge in [0.05, 0.1) is 0 Å². The van der Waals surface area contributed by atoms with Crippen LogP contribution in [0.1, 0.15) is 25.8 Å². The summed E-state index contributed by atoms with van der Waals surface area (Å²) >= 11 is 7.79. The highest BCUT2D eigenvalue weighted by Gasteiger charge is 2.14. The van der Waals surface area contributed by atoms with Gasteiger partial charge in [-0.2, -0.15) is 11.8 Å². The summed E-state index contributed by atoms with van der Waals surface area (Å²) in [5.74, 6) is 2.21. The van der Waals surface area contributed by atoms with Crippen LogP contribution in [-0.4, -0.2) is 12.3 Å². The lowest BCUT2D eigenvalue weighted by Crippen LogP contribution is -2.24. The van der Waals surface area contributed by atoms with Crippen LogP contribution in [0.15, 0.2) is 24.3 Å². The summed E-state index contributed by atoms with van der Waals surface area (Å²) in [6.07, 6.45) is 1.17. The molecule has 0 heterocycles. The Morgan fingerprint density at radius 1 is 1.25 bits per heavy atom. The first-order valence-electron chi connectivity index (χ1n) is 5.56. The van der Waals surface area contributed by atoms with Gasteiger partial charge in [-0.05, 0) is 41.8 Å². The highest BCUT2D eigenvalue weighted by molar-refractivity contribution is 7.98. The Labute approximate surface area is 108 Å². The topological polar surface area (TPSA) is 26.0 Å². The third kappa shape index (κ3) is 5.24. The second kappa shape index (κ2) is 6.53. The third-order valence-electron chi connectivity index (χ3n) is 2.66. The highest BCUT2D eigenvalue weighted by atomic mass is 35.5. The van der Waals surface area contributed by atoms with E-state index in [4.69, 9.17) is 17.3 Å². The zero-order valence-electron chi connectivity index (χ0n) is 10.0. The minimum atomic E-state index is 0.271. The van der Waals surface area contributed by atoms with E-state index in [0.717, 1.165) is 23.1 Å². The lowest BCUT2D eigenvalue weighted by Gasteiger charge is -2.21. The van der Waals surface area contributed by atoms with Crippen molar-refractivity contribution >= 4 is 23.4 Å². The van der Waals surface area contributed by atoms with Crippen molar-refractivity contribution in [2.24, 2.45) is 11.1 Å². The monoisotopic (exact) mass is 257 g/mol. The zero-order valence-corrected chi connectivity index (χ0v) is 11.6. The van der Waals surface area contributed by atoms with Gasteiger partial charge in [-0.25, -0.2) is 0 Å². The Morgan fingerprint density at radius 3 is 2.44 bits per heavy atom. The van der Waals surface area contributed by atoms with Gasteiger partial charge in [0.15, 0.2) is 0 Å². The van der Waals surface area contributed by atoms with E-state index in [1.807, 2.05) is 23.9 Å². The average molecular weight is 258 g/mol. The zero-order chi connectivity index (χ0) is 12.0. The van der Waals surface area contributed by atoms with Crippen molar-refractivity contribution in [3.05, 3.63) is 34.9 Å². The molecule has 0 atom stereocenters. The van der Waals surface area contributed by atoms with Crippen molar-refractivity contribution < 1.29 is 0 Å². The molecule has 2 N–H and O–H groups in total. The van der Waals surface area contributed by atoms with E-state index in [-0.39, 0.29) is 5.41 Å². The number of nitrogens with two attached hydrogens (primary N) is 1. The Bertz CT molecular complexity index is 308. The molecule has 0 saturated heterocycles. The van der Waals surface area contributed by atoms with Crippen LogP contribution in [-0.2, 0) is 5.75 Å². The second-order valence-corrected chi connectivity index (χ2v) is 6.34. The molecule has 0 unspecified atom stereocenters. The second-order valence-electron chi connectivity index (χ2n) is 4.80. The van der Waals surface area contributed by atoms with Crippen LogP contribution in [0.2, 0.25) is 5.02 Å². The van der Waals surface area contributed by atoms with Crippen LogP contribution < -0.4 is 5.73 Å². The van der Waals surface area contributed by atoms with Gasteiger partial charge < -0.3 is 5.73 Å². The number of halogens is 1. The molecule has 16 heavy (non-hydrogen) atoms. The van der Waals surface area contributed by atoms with E-state index in [0.29, 0.717) is 0 Å². The van der Waals surface area contributed by atoms with Crippen molar-refractivity contribution in [3.8, 4) is 0 Å². The van der Waals surface area contributed by atoms with Gasteiger partial charge in [0.1, 0.15) is 0 Å². The Kier molecular flexibility index (Phi) is 5.67. The van der Waals surface area contributed by atoms with E-state index in [9.17, 15) is 0 Å². The van der Waals surface area contributed by atoms with Crippen molar-refractivity contribution in [2.45, 2.75) is 26.0 Å². The fraction of sp³-hybridized carbons (Fsp3) is 0.538. The predicted molar refractivity (Wildman–Crippen MR) is 75.1 cm³/mol. The summed E-state index contributed by atoms with van der Waals surface area (Å²) in [7, 11) is 0. The Hall–Kier alpha value is -0.180. The van der Waals surface area contributed by atoms with Crippen LogP contribution in [0.25, 0.3) is 0 Å². The fourth-order valence-electron chi connectivity index (χ4n) is 1.22. The maximum absolute atomic E-state index is 5.83. The maximum Gasteiger partial charge on any atom is 0.0406 e. The molecule has 0 radical (unpaired) electrons. The van der Waals surface area contributed by atoms with Crippen molar-refractivity contribution in [2.75, 3.05) is 12.3 Å². The van der Waals surface area contributed by atoms with Crippen LogP contribution >= 0.6 is 23.4 Å². The largest absolute Gasteiger partial charge is 0.330 e. The summed E-state index contributed by atoms with van der Waals surface area (Å²) in [4.78, 5) is 0. The minimum absolute atomic E-state index is 0.271. The minimum Gasteiger partial charge on any atom is -0.330 e.